The van der Waals surface area contributed by atoms with Gasteiger partial charge in [-0.2, -0.15) is 5.26 Å². The van der Waals surface area contributed by atoms with Gasteiger partial charge in [0, 0.05) is 11.2 Å². The number of rotatable bonds is 1. The lowest BCUT2D eigenvalue weighted by Crippen LogP contribution is -2.22. The van der Waals surface area contributed by atoms with Crippen molar-refractivity contribution in [2.24, 2.45) is 0 Å². The van der Waals surface area contributed by atoms with Gasteiger partial charge in [-0.15, -0.1) is 0 Å². The Morgan fingerprint density at radius 3 is 2.48 bits per heavy atom. The van der Waals surface area contributed by atoms with Crippen LogP contribution in [-0.4, -0.2) is 8.42 Å². The first-order valence-electron chi connectivity index (χ1n) is 6.25. The minimum Gasteiger partial charge on any atom is -0.311 e. The topological polar surface area (TPSA) is 61.2 Å². The van der Waals surface area contributed by atoms with Gasteiger partial charge in [0.05, 0.1) is 16.3 Å². The number of anilines is 2. The molecule has 2 aromatic rings. The molecule has 0 unspecified atom stereocenters. The van der Waals surface area contributed by atoms with Crippen LogP contribution < -0.4 is 4.90 Å². The molecular weight excluding hydrogens is 346 g/mol. The van der Waals surface area contributed by atoms with Gasteiger partial charge in [-0.05, 0) is 36.4 Å². The van der Waals surface area contributed by atoms with Crippen molar-refractivity contribution in [2.45, 2.75) is 4.90 Å². The summed E-state index contributed by atoms with van der Waals surface area (Å²) in [5.74, 6) is -1.42. The third-order valence-electron chi connectivity index (χ3n) is 3.29. The van der Waals surface area contributed by atoms with E-state index in [1.54, 1.807) is 6.07 Å². The second-order valence-electron chi connectivity index (χ2n) is 4.69. The van der Waals surface area contributed by atoms with Gasteiger partial charge >= 0.3 is 0 Å². The number of benzene rings is 2. The van der Waals surface area contributed by atoms with Crippen molar-refractivity contribution in [2.75, 3.05) is 4.90 Å². The Balaban J connectivity index is 2.33. The third-order valence-corrected chi connectivity index (χ3v) is 5.22. The average molecular weight is 353 g/mol. The van der Waals surface area contributed by atoms with E-state index in [4.69, 9.17) is 16.9 Å². The Morgan fingerprint density at radius 2 is 1.83 bits per heavy atom. The zero-order chi connectivity index (χ0) is 16.8. The second kappa shape index (κ2) is 5.33. The van der Waals surface area contributed by atoms with E-state index >= 15 is 0 Å². The second-order valence-corrected chi connectivity index (χ2v) is 7.01. The molecule has 1 heterocycles. The summed E-state index contributed by atoms with van der Waals surface area (Å²) >= 11 is 5.70. The van der Waals surface area contributed by atoms with Gasteiger partial charge in [-0.3, -0.25) is 0 Å². The predicted octanol–water partition coefficient (Wildman–Crippen LogP) is 3.91. The van der Waals surface area contributed by atoms with Crippen LogP contribution >= 0.6 is 11.6 Å². The van der Waals surface area contributed by atoms with Crippen LogP contribution in [0, 0.1) is 23.0 Å². The van der Waals surface area contributed by atoms with Crippen LogP contribution in [0.5, 0.6) is 0 Å². The molecule has 0 N–H and O–H groups in total. The Morgan fingerprint density at radius 1 is 1.09 bits per heavy atom. The molecule has 4 nitrogen and oxygen atoms in total. The van der Waals surface area contributed by atoms with E-state index in [1.165, 1.54) is 12.1 Å². The molecule has 1 aliphatic heterocycles. The number of nitrogens with zero attached hydrogens (tertiary/aromatic N) is 2. The molecule has 116 valence electrons. The molecule has 0 saturated heterocycles. The van der Waals surface area contributed by atoms with Gasteiger partial charge in [-0.1, -0.05) is 11.6 Å². The Hall–Kier alpha value is -2.43. The quantitative estimate of drug-likeness (QED) is 0.730. The zero-order valence-corrected chi connectivity index (χ0v) is 12.9. The smallest absolute Gasteiger partial charge is 0.220 e. The van der Waals surface area contributed by atoms with Crippen molar-refractivity contribution in [3.05, 3.63) is 64.2 Å². The Bertz CT molecular complexity index is 997. The molecule has 23 heavy (non-hydrogen) atoms. The fourth-order valence-electron chi connectivity index (χ4n) is 2.25. The number of nitriles is 1. The van der Waals surface area contributed by atoms with Crippen molar-refractivity contribution >= 4 is 32.8 Å². The molecule has 0 aliphatic carbocycles. The maximum absolute atomic E-state index is 14.2. The van der Waals surface area contributed by atoms with Gasteiger partial charge < -0.3 is 4.90 Å². The molecule has 0 bridgehead atoms. The van der Waals surface area contributed by atoms with Crippen LogP contribution in [0.3, 0.4) is 0 Å². The summed E-state index contributed by atoms with van der Waals surface area (Å²) in [5.41, 5.74) is -0.130. The first kappa shape index (κ1) is 15.5. The Kier molecular flexibility index (Phi) is 3.59. The van der Waals surface area contributed by atoms with Crippen molar-refractivity contribution < 1.29 is 17.2 Å². The fraction of sp³-hybridized carbons (Fsp3) is 0. The first-order valence-corrected chi connectivity index (χ1v) is 8.11. The van der Waals surface area contributed by atoms with Gasteiger partial charge in [0.25, 0.3) is 0 Å². The summed E-state index contributed by atoms with van der Waals surface area (Å²) in [6.07, 6.45) is 0.962. The Labute approximate surface area is 135 Å². The fourth-order valence-corrected chi connectivity index (χ4v) is 3.69. The van der Waals surface area contributed by atoms with Crippen LogP contribution in [-0.2, 0) is 9.84 Å². The predicted molar refractivity (Wildman–Crippen MR) is 80.8 cm³/mol. The molecule has 0 spiro atoms. The molecule has 0 fully saturated rings. The first-order chi connectivity index (χ1) is 10.8. The molecule has 0 saturated carbocycles. The highest BCUT2D eigenvalue weighted by Gasteiger charge is 2.33. The van der Waals surface area contributed by atoms with E-state index in [2.05, 4.69) is 0 Å². The standard InChI is InChI=1S/C15H7ClF2N2O2S/c16-9-1-3-13(12(18)5-9)20-8-11(7-19)23(21,22)15-4-2-10(17)6-14(15)20/h1-6,8H. The number of fused-ring (bicyclic) bond motifs is 1. The van der Waals surface area contributed by atoms with E-state index in [0.717, 1.165) is 35.4 Å². The highest BCUT2D eigenvalue weighted by molar-refractivity contribution is 7.95. The normalized spacial score (nSPS) is 15.6. The number of halogens is 3. The van der Waals surface area contributed by atoms with E-state index in [0.29, 0.717) is 0 Å². The number of hydrogen-bond acceptors (Lipinski definition) is 4. The molecule has 0 radical (unpaired) electrons. The summed E-state index contributed by atoms with van der Waals surface area (Å²) < 4.78 is 52.3. The van der Waals surface area contributed by atoms with Gasteiger partial charge in [-0.25, -0.2) is 17.2 Å². The maximum atomic E-state index is 14.2. The number of allylic oxidation sites excluding steroid dienone is 1. The molecule has 0 amide bonds. The largest absolute Gasteiger partial charge is 0.311 e. The summed E-state index contributed by atoms with van der Waals surface area (Å²) in [7, 11) is -4.07. The molecule has 1 aliphatic rings. The molecular formula is C15H7ClF2N2O2S. The van der Waals surface area contributed by atoms with Crippen molar-refractivity contribution in [1.82, 2.24) is 0 Å². The molecule has 0 aromatic heterocycles. The molecule has 8 heteroatoms. The summed E-state index contributed by atoms with van der Waals surface area (Å²) in [4.78, 5) is 0.280. The van der Waals surface area contributed by atoms with Crippen molar-refractivity contribution in [1.29, 1.82) is 5.26 Å². The van der Waals surface area contributed by atoms with Crippen LogP contribution in [0.4, 0.5) is 20.2 Å². The van der Waals surface area contributed by atoms with Crippen LogP contribution in [0.1, 0.15) is 0 Å². The minimum absolute atomic E-state index is 0.0519. The number of sulfone groups is 1. The SMILES string of the molecule is N#CC1=CN(c2ccc(Cl)cc2F)c2cc(F)ccc2S1(=O)=O. The minimum atomic E-state index is -4.07. The van der Waals surface area contributed by atoms with Crippen molar-refractivity contribution in [3.63, 3.8) is 0 Å². The summed E-state index contributed by atoms with van der Waals surface area (Å²) in [6, 6.07) is 8.31. The lowest BCUT2D eigenvalue weighted by molar-refractivity contribution is 0.599. The van der Waals surface area contributed by atoms with Crippen molar-refractivity contribution in [3.8, 4) is 6.07 Å². The maximum Gasteiger partial charge on any atom is 0.220 e. The highest BCUT2D eigenvalue weighted by atomic mass is 35.5. The zero-order valence-electron chi connectivity index (χ0n) is 11.3. The monoisotopic (exact) mass is 352 g/mol. The average Bonchev–Trinajstić information content (AvgIpc) is 2.48. The lowest BCUT2D eigenvalue weighted by Gasteiger charge is -2.27. The van der Waals surface area contributed by atoms with Crippen LogP contribution in [0.25, 0.3) is 0 Å². The van der Waals surface area contributed by atoms with Gasteiger partial charge in [0.15, 0.2) is 4.91 Å². The van der Waals surface area contributed by atoms with Gasteiger partial charge in [0.2, 0.25) is 9.84 Å². The lowest BCUT2D eigenvalue weighted by atomic mass is 10.2. The van der Waals surface area contributed by atoms with E-state index < -0.39 is 26.4 Å². The molecule has 0 atom stereocenters. The van der Waals surface area contributed by atoms with E-state index in [1.807, 2.05) is 0 Å². The van der Waals surface area contributed by atoms with Gasteiger partial charge in [0.1, 0.15) is 17.7 Å². The highest BCUT2D eigenvalue weighted by Crippen LogP contribution is 2.40. The summed E-state index contributed by atoms with van der Waals surface area (Å²) in [5, 5.41) is 9.22. The molecule has 3 rings (SSSR count). The third kappa shape index (κ3) is 2.46. The van der Waals surface area contributed by atoms with Crippen LogP contribution in [0.2, 0.25) is 5.02 Å². The van der Waals surface area contributed by atoms with E-state index in [9.17, 15) is 17.2 Å². The van der Waals surface area contributed by atoms with E-state index in [-0.39, 0.29) is 21.3 Å². The van der Waals surface area contributed by atoms with Crippen LogP contribution in [0.15, 0.2) is 52.4 Å². The summed E-state index contributed by atoms with van der Waals surface area (Å²) in [6.45, 7) is 0. The number of hydrogen-bond donors (Lipinski definition) is 0. The molecule has 2 aromatic carbocycles.